The summed E-state index contributed by atoms with van der Waals surface area (Å²) in [6, 6.07) is 10.0. The largest absolute Gasteiger partial charge is 0.320 e. The normalized spacial score (nSPS) is 12.8. The third-order valence-electron chi connectivity index (χ3n) is 2.74. The first-order chi connectivity index (χ1) is 8.34. The van der Waals surface area contributed by atoms with Gasteiger partial charge in [-0.15, -0.1) is 11.3 Å². The molecule has 4 heteroatoms. The monoisotopic (exact) mass is 241 g/mol. The fourth-order valence-corrected chi connectivity index (χ4v) is 2.48. The minimum Gasteiger partial charge on any atom is -0.320 e. The number of hydrogen-bond donors (Lipinski definition) is 1. The molecule has 0 fully saturated rings. The molecular formula is C13H11N3S. The first-order valence-electron chi connectivity index (χ1n) is 5.33. The average molecular weight is 241 g/mol. The van der Waals surface area contributed by atoms with E-state index < -0.39 is 0 Å². The number of nitrogens with two attached hydrogens (primary N) is 1. The maximum Gasteiger partial charge on any atom is 0.0794 e. The second-order valence-corrected chi connectivity index (χ2v) is 4.75. The standard InChI is InChI=1S/C13H11N3S/c14-13(12-7-15-8-17-12)10-3-4-11-9(6-10)2-1-5-16-11/h1-8,13H,14H2. The van der Waals surface area contributed by atoms with Gasteiger partial charge in [0, 0.05) is 22.7 Å². The molecule has 2 N–H and O–H groups in total. The lowest BCUT2D eigenvalue weighted by molar-refractivity contribution is 0.891. The molecule has 0 bridgehead atoms. The molecule has 0 spiro atoms. The topological polar surface area (TPSA) is 51.8 Å². The van der Waals surface area contributed by atoms with Crippen LogP contribution in [-0.4, -0.2) is 9.97 Å². The Hall–Kier alpha value is -1.78. The van der Waals surface area contributed by atoms with Crippen molar-refractivity contribution in [2.75, 3.05) is 0 Å². The van der Waals surface area contributed by atoms with Gasteiger partial charge in [-0.3, -0.25) is 9.97 Å². The Bertz CT molecular complexity index is 634. The van der Waals surface area contributed by atoms with Gasteiger partial charge >= 0.3 is 0 Å². The molecule has 17 heavy (non-hydrogen) atoms. The van der Waals surface area contributed by atoms with Crippen molar-refractivity contribution in [1.82, 2.24) is 9.97 Å². The summed E-state index contributed by atoms with van der Waals surface area (Å²) >= 11 is 1.58. The molecule has 1 atom stereocenters. The Kier molecular flexibility index (Phi) is 2.59. The molecule has 2 heterocycles. The van der Waals surface area contributed by atoms with E-state index in [9.17, 15) is 0 Å². The number of aromatic nitrogens is 2. The highest BCUT2D eigenvalue weighted by molar-refractivity contribution is 7.09. The van der Waals surface area contributed by atoms with Crippen LogP contribution in [0.4, 0.5) is 0 Å². The fourth-order valence-electron chi connectivity index (χ4n) is 1.83. The zero-order chi connectivity index (χ0) is 11.7. The predicted octanol–water partition coefficient (Wildman–Crippen LogP) is 2.74. The SMILES string of the molecule is NC(c1ccc2ncccc2c1)c1cncs1. The highest BCUT2D eigenvalue weighted by Gasteiger charge is 2.10. The summed E-state index contributed by atoms with van der Waals surface area (Å²) in [5.74, 6) is 0. The molecule has 84 valence electrons. The second-order valence-electron chi connectivity index (χ2n) is 3.84. The van der Waals surface area contributed by atoms with Gasteiger partial charge in [-0.1, -0.05) is 12.1 Å². The molecule has 1 aromatic carbocycles. The van der Waals surface area contributed by atoms with Crippen molar-refractivity contribution in [2.45, 2.75) is 6.04 Å². The first kappa shape index (κ1) is 10.4. The molecule has 0 aliphatic rings. The van der Waals surface area contributed by atoms with Crippen molar-refractivity contribution >= 4 is 22.2 Å². The molecule has 0 radical (unpaired) electrons. The maximum atomic E-state index is 6.20. The number of fused-ring (bicyclic) bond motifs is 1. The Labute approximate surface area is 103 Å². The lowest BCUT2D eigenvalue weighted by Crippen LogP contribution is -2.10. The van der Waals surface area contributed by atoms with E-state index >= 15 is 0 Å². The molecule has 0 amide bonds. The van der Waals surface area contributed by atoms with E-state index in [0.717, 1.165) is 21.3 Å². The third-order valence-corrected chi connectivity index (χ3v) is 3.60. The van der Waals surface area contributed by atoms with Crippen LogP contribution in [0.15, 0.2) is 48.2 Å². The van der Waals surface area contributed by atoms with Crippen LogP contribution < -0.4 is 5.73 Å². The van der Waals surface area contributed by atoms with Crippen LogP contribution in [0.2, 0.25) is 0 Å². The van der Waals surface area contributed by atoms with E-state index in [1.165, 1.54) is 0 Å². The predicted molar refractivity (Wildman–Crippen MR) is 69.9 cm³/mol. The molecule has 3 nitrogen and oxygen atoms in total. The van der Waals surface area contributed by atoms with Gasteiger partial charge in [0.25, 0.3) is 0 Å². The van der Waals surface area contributed by atoms with Gasteiger partial charge in [-0.2, -0.15) is 0 Å². The minimum absolute atomic E-state index is 0.105. The van der Waals surface area contributed by atoms with Crippen LogP contribution in [0.25, 0.3) is 10.9 Å². The summed E-state index contributed by atoms with van der Waals surface area (Å²) in [5, 5.41) is 1.12. The summed E-state index contributed by atoms with van der Waals surface area (Å²) in [6.45, 7) is 0. The van der Waals surface area contributed by atoms with Crippen LogP contribution in [0.5, 0.6) is 0 Å². The van der Waals surface area contributed by atoms with Gasteiger partial charge in [0.05, 0.1) is 17.1 Å². The van der Waals surface area contributed by atoms with Crippen molar-refractivity contribution in [2.24, 2.45) is 5.73 Å². The Morgan fingerprint density at radius 3 is 3.00 bits per heavy atom. The van der Waals surface area contributed by atoms with Gasteiger partial charge < -0.3 is 5.73 Å². The Balaban J connectivity index is 2.06. The highest BCUT2D eigenvalue weighted by Crippen LogP contribution is 2.24. The second kappa shape index (κ2) is 4.24. The van der Waals surface area contributed by atoms with Crippen molar-refractivity contribution in [1.29, 1.82) is 0 Å². The Morgan fingerprint density at radius 2 is 2.18 bits per heavy atom. The van der Waals surface area contributed by atoms with Crippen LogP contribution in [0.1, 0.15) is 16.5 Å². The molecule has 0 saturated heterocycles. The van der Waals surface area contributed by atoms with Crippen molar-refractivity contribution in [3.05, 3.63) is 58.7 Å². The number of rotatable bonds is 2. The Morgan fingerprint density at radius 1 is 1.24 bits per heavy atom. The minimum atomic E-state index is -0.105. The van der Waals surface area contributed by atoms with Crippen molar-refractivity contribution in [3.63, 3.8) is 0 Å². The number of benzene rings is 1. The molecule has 0 aliphatic heterocycles. The maximum absolute atomic E-state index is 6.20. The van der Waals surface area contributed by atoms with Gasteiger partial charge in [-0.25, -0.2) is 0 Å². The molecule has 0 saturated carbocycles. The summed E-state index contributed by atoms with van der Waals surface area (Å²) in [6.07, 6.45) is 3.62. The van der Waals surface area contributed by atoms with Gasteiger partial charge in [0.1, 0.15) is 0 Å². The summed E-state index contributed by atoms with van der Waals surface area (Å²) < 4.78 is 0. The van der Waals surface area contributed by atoms with E-state index in [-0.39, 0.29) is 6.04 Å². The number of pyridine rings is 1. The lowest BCUT2D eigenvalue weighted by atomic mass is 10.0. The van der Waals surface area contributed by atoms with Gasteiger partial charge in [0.2, 0.25) is 0 Å². The first-order valence-corrected chi connectivity index (χ1v) is 6.21. The van der Waals surface area contributed by atoms with Crippen LogP contribution >= 0.6 is 11.3 Å². The summed E-state index contributed by atoms with van der Waals surface area (Å²) in [5.41, 5.74) is 10.1. The fraction of sp³-hybridized carbons (Fsp3) is 0.0769. The van der Waals surface area contributed by atoms with Crippen molar-refractivity contribution < 1.29 is 0 Å². The van der Waals surface area contributed by atoms with Gasteiger partial charge in [-0.05, 0) is 23.8 Å². The zero-order valence-electron chi connectivity index (χ0n) is 9.08. The number of thiazole rings is 1. The highest BCUT2D eigenvalue weighted by atomic mass is 32.1. The van der Waals surface area contributed by atoms with Crippen LogP contribution in [0.3, 0.4) is 0 Å². The van der Waals surface area contributed by atoms with E-state index in [4.69, 9.17) is 5.73 Å². The van der Waals surface area contributed by atoms with E-state index in [0.29, 0.717) is 0 Å². The third kappa shape index (κ3) is 1.92. The van der Waals surface area contributed by atoms with E-state index in [1.807, 2.05) is 30.5 Å². The molecule has 1 unspecified atom stereocenters. The summed E-state index contributed by atoms with van der Waals surface area (Å²) in [7, 11) is 0. The quantitative estimate of drug-likeness (QED) is 0.750. The molecule has 3 rings (SSSR count). The van der Waals surface area contributed by atoms with Crippen LogP contribution in [-0.2, 0) is 0 Å². The number of hydrogen-bond acceptors (Lipinski definition) is 4. The molecule has 0 aliphatic carbocycles. The summed E-state index contributed by atoms with van der Waals surface area (Å²) in [4.78, 5) is 9.43. The van der Waals surface area contributed by atoms with E-state index in [1.54, 1.807) is 23.0 Å². The lowest BCUT2D eigenvalue weighted by Gasteiger charge is -2.10. The molecule has 2 aromatic heterocycles. The number of nitrogens with zero attached hydrogens (tertiary/aromatic N) is 2. The van der Waals surface area contributed by atoms with Gasteiger partial charge in [0.15, 0.2) is 0 Å². The van der Waals surface area contributed by atoms with Crippen LogP contribution in [0, 0.1) is 0 Å². The average Bonchev–Trinajstić information content (AvgIpc) is 2.91. The smallest absolute Gasteiger partial charge is 0.0794 e. The zero-order valence-corrected chi connectivity index (χ0v) is 9.89. The molecular weight excluding hydrogens is 230 g/mol. The molecule has 3 aromatic rings. The van der Waals surface area contributed by atoms with Crippen molar-refractivity contribution in [3.8, 4) is 0 Å². The van der Waals surface area contributed by atoms with E-state index in [2.05, 4.69) is 16.0 Å².